The lowest BCUT2D eigenvalue weighted by molar-refractivity contribution is -0.143. The van der Waals surface area contributed by atoms with Gasteiger partial charge in [0.05, 0.1) is 30.5 Å². The summed E-state index contributed by atoms with van der Waals surface area (Å²) in [7, 11) is 1.46. The van der Waals surface area contributed by atoms with Crippen LogP contribution in [0.5, 0.6) is 5.75 Å². The number of carboxylic acid groups (broad SMARTS) is 1. The summed E-state index contributed by atoms with van der Waals surface area (Å²) in [5.74, 6) is 0.527. The van der Waals surface area contributed by atoms with Gasteiger partial charge >= 0.3 is 18.4 Å². The van der Waals surface area contributed by atoms with E-state index in [-0.39, 0.29) is 29.4 Å². The van der Waals surface area contributed by atoms with E-state index in [0.717, 1.165) is 10.5 Å². The van der Waals surface area contributed by atoms with Crippen molar-refractivity contribution in [2.24, 2.45) is 0 Å². The number of rotatable bonds is 5. The maximum atomic E-state index is 13.3. The van der Waals surface area contributed by atoms with Crippen LogP contribution < -0.4 is 9.64 Å². The predicted octanol–water partition coefficient (Wildman–Crippen LogP) is 7.40. The summed E-state index contributed by atoms with van der Waals surface area (Å²) in [5, 5.41) is 9.88. The first-order valence-corrected chi connectivity index (χ1v) is 10.5. The molecular formula is C25H22F6N2O3. The molecule has 36 heavy (non-hydrogen) atoms. The maximum absolute atomic E-state index is 13.3. The minimum absolute atomic E-state index is 0.000909. The Kier molecular flexibility index (Phi) is 7.24. The van der Waals surface area contributed by atoms with E-state index < -0.39 is 29.6 Å². The number of anilines is 1. The summed E-state index contributed by atoms with van der Waals surface area (Å²) < 4.78 is 85.4. The molecule has 0 fully saturated rings. The van der Waals surface area contributed by atoms with Crippen molar-refractivity contribution in [3.8, 4) is 16.9 Å². The molecular weight excluding hydrogens is 490 g/mol. The van der Waals surface area contributed by atoms with Gasteiger partial charge in [-0.05, 0) is 67.8 Å². The summed E-state index contributed by atoms with van der Waals surface area (Å²) >= 11 is 0. The van der Waals surface area contributed by atoms with Crippen molar-refractivity contribution in [3.63, 3.8) is 0 Å². The molecule has 1 heterocycles. The van der Waals surface area contributed by atoms with E-state index in [4.69, 9.17) is 4.74 Å². The number of carbonyl (C=O) groups is 1. The van der Waals surface area contributed by atoms with Crippen LogP contribution in [0.15, 0.2) is 42.6 Å². The Hall–Kier alpha value is -3.76. The molecule has 3 aromatic rings. The molecule has 3 rings (SSSR count). The van der Waals surface area contributed by atoms with Gasteiger partial charge in [0.15, 0.2) is 0 Å². The molecule has 0 aliphatic carbocycles. The third-order valence-corrected chi connectivity index (χ3v) is 5.58. The monoisotopic (exact) mass is 512 g/mol. The minimum atomic E-state index is -5.01. The standard InChI is InChI=1S/C25H22F6N2O3/c1-13-5-16(17-7-18(24(26,27)28)10-19(8-17)25(29,30)31)9-20(6-13)33(23(34)35)12-21-15(3)22(36-4)14(2)11-32-21/h5-11H,12H2,1-4H3,(H,34,35). The SMILES string of the molecule is COc1c(C)cnc(CN(C(=O)O)c2cc(C)cc(-c3cc(C(F)(F)F)cc(C(F)(F)F)c3)c2)c1C. The zero-order valence-electron chi connectivity index (χ0n) is 19.7. The van der Waals surface area contributed by atoms with Gasteiger partial charge in [0.25, 0.3) is 0 Å². The molecule has 1 aromatic heterocycles. The van der Waals surface area contributed by atoms with Crippen molar-refractivity contribution in [1.82, 2.24) is 4.98 Å². The van der Waals surface area contributed by atoms with Gasteiger partial charge in [-0.2, -0.15) is 26.3 Å². The van der Waals surface area contributed by atoms with Gasteiger partial charge in [-0.1, -0.05) is 6.07 Å². The molecule has 5 nitrogen and oxygen atoms in total. The lowest BCUT2D eigenvalue weighted by atomic mass is 9.97. The number of amides is 1. The molecule has 0 radical (unpaired) electrons. The largest absolute Gasteiger partial charge is 0.496 e. The van der Waals surface area contributed by atoms with Crippen LogP contribution in [0.4, 0.5) is 36.8 Å². The first-order valence-electron chi connectivity index (χ1n) is 10.5. The summed E-state index contributed by atoms with van der Waals surface area (Å²) in [6.45, 7) is 4.81. The fourth-order valence-electron chi connectivity index (χ4n) is 3.86. The zero-order chi connectivity index (χ0) is 27.0. The van der Waals surface area contributed by atoms with E-state index in [1.807, 2.05) is 0 Å². The van der Waals surface area contributed by atoms with Crippen molar-refractivity contribution in [2.45, 2.75) is 39.7 Å². The molecule has 0 saturated heterocycles. The lowest BCUT2D eigenvalue weighted by Crippen LogP contribution is -2.29. The van der Waals surface area contributed by atoms with Gasteiger partial charge < -0.3 is 9.84 Å². The van der Waals surface area contributed by atoms with Crippen LogP contribution in [-0.2, 0) is 18.9 Å². The smallest absolute Gasteiger partial charge is 0.416 e. The molecule has 0 aliphatic heterocycles. The number of aryl methyl sites for hydroxylation is 2. The summed E-state index contributed by atoms with van der Waals surface area (Å²) in [5.41, 5.74) is -1.06. The van der Waals surface area contributed by atoms with E-state index in [9.17, 15) is 36.2 Å². The summed E-state index contributed by atoms with van der Waals surface area (Å²) in [6.07, 6.45) is -9.89. The second kappa shape index (κ2) is 9.71. The highest BCUT2D eigenvalue weighted by Gasteiger charge is 2.37. The average molecular weight is 512 g/mol. The average Bonchev–Trinajstić information content (AvgIpc) is 2.76. The maximum Gasteiger partial charge on any atom is 0.416 e. The van der Waals surface area contributed by atoms with Crippen molar-refractivity contribution in [1.29, 1.82) is 0 Å². The minimum Gasteiger partial charge on any atom is -0.496 e. The Bertz CT molecular complexity index is 1270. The van der Waals surface area contributed by atoms with Crippen LogP contribution in [0.25, 0.3) is 11.1 Å². The molecule has 0 saturated carbocycles. The van der Waals surface area contributed by atoms with E-state index >= 15 is 0 Å². The van der Waals surface area contributed by atoms with Crippen molar-refractivity contribution in [3.05, 3.63) is 76.1 Å². The van der Waals surface area contributed by atoms with Crippen LogP contribution in [0.2, 0.25) is 0 Å². The van der Waals surface area contributed by atoms with E-state index in [1.54, 1.807) is 20.8 Å². The first-order chi connectivity index (χ1) is 16.6. The Balaban J connectivity index is 2.14. The highest BCUT2D eigenvalue weighted by Crippen LogP contribution is 2.39. The second-order valence-electron chi connectivity index (χ2n) is 8.27. The Labute approximate surface area is 203 Å². The highest BCUT2D eigenvalue weighted by molar-refractivity contribution is 5.87. The van der Waals surface area contributed by atoms with Crippen molar-refractivity contribution >= 4 is 11.8 Å². The van der Waals surface area contributed by atoms with Gasteiger partial charge in [-0.3, -0.25) is 9.88 Å². The third-order valence-electron chi connectivity index (χ3n) is 5.58. The first kappa shape index (κ1) is 26.8. The number of nitrogens with zero attached hydrogens (tertiary/aromatic N) is 2. The van der Waals surface area contributed by atoms with E-state index in [1.165, 1.54) is 31.5 Å². The quantitative estimate of drug-likeness (QED) is 0.362. The number of hydrogen-bond donors (Lipinski definition) is 1. The van der Waals surface area contributed by atoms with Gasteiger partial charge in [0.1, 0.15) is 5.75 Å². The molecule has 0 spiro atoms. The number of hydrogen-bond acceptors (Lipinski definition) is 3. The van der Waals surface area contributed by atoms with Crippen molar-refractivity contribution in [2.75, 3.05) is 12.0 Å². The van der Waals surface area contributed by atoms with Crippen LogP contribution >= 0.6 is 0 Å². The summed E-state index contributed by atoms with van der Waals surface area (Å²) in [4.78, 5) is 17.3. The van der Waals surface area contributed by atoms with Gasteiger partial charge in [-0.25, -0.2) is 4.79 Å². The number of pyridine rings is 1. The van der Waals surface area contributed by atoms with Gasteiger partial charge in [0, 0.05) is 23.0 Å². The van der Waals surface area contributed by atoms with Crippen LogP contribution in [-0.4, -0.2) is 23.3 Å². The molecule has 2 aromatic carbocycles. The molecule has 0 bridgehead atoms. The zero-order valence-corrected chi connectivity index (χ0v) is 19.7. The number of benzene rings is 2. The number of halogens is 6. The number of ether oxygens (including phenoxy) is 1. The van der Waals surface area contributed by atoms with Crippen LogP contribution in [0.3, 0.4) is 0 Å². The fraction of sp³-hybridized carbons (Fsp3) is 0.280. The molecule has 11 heteroatoms. The van der Waals surface area contributed by atoms with Crippen LogP contribution in [0.1, 0.15) is 33.5 Å². The normalized spacial score (nSPS) is 11.9. The van der Waals surface area contributed by atoms with Gasteiger partial charge in [-0.15, -0.1) is 0 Å². The Morgan fingerprint density at radius 2 is 1.47 bits per heavy atom. The predicted molar refractivity (Wildman–Crippen MR) is 121 cm³/mol. The second-order valence-corrected chi connectivity index (χ2v) is 8.27. The molecule has 0 atom stereocenters. The van der Waals surface area contributed by atoms with Crippen molar-refractivity contribution < 1.29 is 41.0 Å². The molecule has 1 N–H and O–H groups in total. The number of aromatic nitrogens is 1. The van der Waals surface area contributed by atoms with Crippen LogP contribution in [0, 0.1) is 20.8 Å². The van der Waals surface area contributed by atoms with E-state index in [2.05, 4.69) is 4.98 Å². The molecule has 1 amide bonds. The molecule has 192 valence electrons. The van der Waals surface area contributed by atoms with Gasteiger partial charge in [0.2, 0.25) is 0 Å². The summed E-state index contributed by atoms with van der Waals surface area (Å²) in [6, 6.07) is 5.35. The topological polar surface area (TPSA) is 62.7 Å². The highest BCUT2D eigenvalue weighted by atomic mass is 19.4. The number of methoxy groups -OCH3 is 1. The van der Waals surface area contributed by atoms with E-state index in [0.29, 0.717) is 34.7 Å². The third kappa shape index (κ3) is 5.72. The lowest BCUT2D eigenvalue weighted by Gasteiger charge is -2.22. The molecule has 0 unspecified atom stereocenters. The number of alkyl halides is 6. The Morgan fingerprint density at radius 3 is 1.97 bits per heavy atom. The molecule has 0 aliphatic rings. The fourth-order valence-corrected chi connectivity index (χ4v) is 3.86. The Morgan fingerprint density at radius 1 is 0.917 bits per heavy atom.